The first-order chi connectivity index (χ1) is 9.19. The van der Waals surface area contributed by atoms with Crippen molar-refractivity contribution in [3.05, 3.63) is 28.8 Å². The lowest BCUT2D eigenvalue weighted by Crippen LogP contribution is -2.43. The monoisotopic (exact) mass is 282 g/mol. The van der Waals surface area contributed by atoms with Crippen LogP contribution in [-0.2, 0) is 6.54 Å². The quantitative estimate of drug-likeness (QED) is 0.899. The van der Waals surface area contributed by atoms with E-state index in [1.807, 2.05) is 25.1 Å². The predicted molar refractivity (Wildman–Crippen MR) is 80.0 cm³/mol. The maximum absolute atomic E-state index is 6.07. The lowest BCUT2D eigenvalue weighted by Gasteiger charge is -2.30. The van der Waals surface area contributed by atoms with Gasteiger partial charge in [0.2, 0.25) is 0 Å². The average Bonchev–Trinajstić information content (AvgIpc) is 2.39. The normalized spacial score (nSPS) is 20.5. The lowest BCUT2D eigenvalue weighted by atomic mass is 10.1. The van der Waals surface area contributed by atoms with Crippen molar-refractivity contribution in [3.63, 3.8) is 0 Å². The van der Waals surface area contributed by atoms with Crippen LogP contribution in [0.5, 0.6) is 5.75 Å². The van der Waals surface area contributed by atoms with Crippen molar-refractivity contribution in [3.8, 4) is 5.75 Å². The zero-order valence-electron chi connectivity index (χ0n) is 11.8. The van der Waals surface area contributed by atoms with Crippen LogP contribution in [0.1, 0.15) is 25.3 Å². The molecule has 1 atom stereocenters. The van der Waals surface area contributed by atoms with E-state index in [0.717, 1.165) is 29.4 Å². The lowest BCUT2D eigenvalue weighted by molar-refractivity contribution is 0.226. The molecule has 2 rings (SSSR count). The van der Waals surface area contributed by atoms with Gasteiger partial charge >= 0.3 is 0 Å². The molecule has 1 heterocycles. The molecule has 1 aliphatic heterocycles. The van der Waals surface area contributed by atoms with Gasteiger partial charge in [-0.3, -0.25) is 0 Å². The summed E-state index contributed by atoms with van der Waals surface area (Å²) in [4.78, 5) is 2.38. The highest BCUT2D eigenvalue weighted by atomic mass is 35.5. The third kappa shape index (κ3) is 4.37. The topological polar surface area (TPSA) is 24.5 Å². The minimum Gasteiger partial charge on any atom is -0.494 e. The summed E-state index contributed by atoms with van der Waals surface area (Å²) < 4.78 is 5.64. The van der Waals surface area contributed by atoms with Crippen LogP contribution in [0.15, 0.2) is 18.2 Å². The molecule has 1 aliphatic rings. The number of rotatable bonds is 5. The highest BCUT2D eigenvalue weighted by molar-refractivity contribution is 6.30. The molecular formula is C15H23ClN2O. The Morgan fingerprint density at radius 1 is 1.47 bits per heavy atom. The number of ether oxygens (including phenoxy) is 1. The maximum Gasteiger partial charge on any atom is 0.123 e. The zero-order valence-corrected chi connectivity index (χ0v) is 12.5. The van der Waals surface area contributed by atoms with Crippen molar-refractivity contribution in [1.29, 1.82) is 0 Å². The van der Waals surface area contributed by atoms with Crippen molar-refractivity contribution in [2.45, 2.75) is 32.4 Å². The Bertz CT molecular complexity index is 411. The Morgan fingerprint density at radius 2 is 2.32 bits per heavy atom. The predicted octanol–water partition coefficient (Wildman–Crippen LogP) is 2.92. The van der Waals surface area contributed by atoms with Crippen LogP contribution in [-0.4, -0.2) is 37.7 Å². The molecule has 1 aromatic carbocycles. The maximum atomic E-state index is 6.07. The molecule has 3 nitrogen and oxygen atoms in total. The van der Waals surface area contributed by atoms with E-state index in [1.54, 1.807) is 0 Å². The Labute approximate surface area is 120 Å². The standard InChI is InChI=1S/C15H23ClN2O/c1-3-19-15-7-6-13(16)9-12(15)10-17-14-5-4-8-18(2)11-14/h6-7,9,14,17H,3-5,8,10-11H2,1-2H3/t14-/m1/s1. The van der Waals surface area contributed by atoms with E-state index in [0.29, 0.717) is 12.6 Å². The molecule has 106 valence electrons. The van der Waals surface area contributed by atoms with Crippen LogP contribution in [0, 0.1) is 0 Å². The summed E-state index contributed by atoms with van der Waals surface area (Å²) in [7, 11) is 2.18. The van der Waals surface area contributed by atoms with E-state index in [1.165, 1.54) is 19.4 Å². The van der Waals surface area contributed by atoms with Gasteiger partial charge in [0.15, 0.2) is 0 Å². The molecule has 0 saturated carbocycles. The summed E-state index contributed by atoms with van der Waals surface area (Å²) in [6, 6.07) is 6.39. The molecular weight excluding hydrogens is 260 g/mol. The molecule has 0 aliphatic carbocycles. The molecule has 1 saturated heterocycles. The number of nitrogens with zero attached hydrogens (tertiary/aromatic N) is 1. The summed E-state index contributed by atoms with van der Waals surface area (Å²) in [6.45, 7) is 5.82. The smallest absolute Gasteiger partial charge is 0.123 e. The fourth-order valence-electron chi connectivity index (χ4n) is 2.57. The summed E-state index contributed by atoms with van der Waals surface area (Å²) in [6.07, 6.45) is 2.51. The molecule has 0 aromatic heterocycles. The van der Waals surface area contributed by atoms with Crippen LogP contribution in [0.3, 0.4) is 0 Å². The van der Waals surface area contributed by atoms with E-state index < -0.39 is 0 Å². The van der Waals surface area contributed by atoms with Crippen LogP contribution in [0.25, 0.3) is 0 Å². The molecule has 1 fully saturated rings. The molecule has 4 heteroatoms. The van der Waals surface area contributed by atoms with Gasteiger partial charge in [-0.2, -0.15) is 0 Å². The van der Waals surface area contributed by atoms with Crippen LogP contribution in [0.2, 0.25) is 5.02 Å². The Morgan fingerprint density at radius 3 is 3.05 bits per heavy atom. The Kier molecular flexibility index (Phi) is 5.49. The van der Waals surface area contributed by atoms with Crippen LogP contribution < -0.4 is 10.1 Å². The number of hydrogen-bond acceptors (Lipinski definition) is 3. The van der Waals surface area contributed by atoms with E-state index in [2.05, 4.69) is 17.3 Å². The minimum absolute atomic E-state index is 0.562. The van der Waals surface area contributed by atoms with Crippen molar-refractivity contribution < 1.29 is 4.74 Å². The summed E-state index contributed by atoms with van der Waals surface area (Å²) in [5.74, 6) is 0.934. The van der Waals surface area contributed by atoms with Crippen molar-refractivity contribution >= 4 is 11.6 Å². The van der Waals surface area contributed by atoms with Crippen LogP contribution >= 0.6 is 11.6 Å². The number of benzene rings is 1. The van der Waals surface area contributed by atoms with Crippen molar-refractivity contribution in [1.82, 2.24) is 10.2 Å². The molecule has 0 radical (unpaired) electrons. The van der Waals surface area contributed by atoms with Gasteiger partial charge in [-0.1, -0.05) is 11.6 Å². The van der Waals surface area contributed by atoms with Gasteiger partial charge in [-0.25, -0.2) is 0 Å². The first-order valence-corrected chi connectivity index (χ1v) is 7.40. The van der Waals surface area contributed by atoms with Gasteiger partial charge in [-0.05, 0) is 51.6 Å². The summed E-state index contributed by atoms with van der Waals surface area (Å²) in [5.41, 5.74) is 1.14. The number of nitrogens with one attached hydrogen (secondary N) is 1. The Balaban J connectivity index is 1.95. The van der Waals surface area contributed by atoms with Crippen LogP contribution in [0.4, 0.5) is 0 Å². The number of piperidine rings is 1. The average molecular weight is 283 g/mol. The van der Waals surface area contributed by atoms with Crippen molar-refractivity contribution in [2.75, 3.05) is 26.7 Å². The Hall–Kier alpha value is -0.770. The fourth-order valence-corrected chi connectivity index (χ4v) is 2.76. The molecule has 0 bridgehead atoms. The largest absolute Gasteiger partial charge is 0.494 e. The molecule has 19 heavy (non-hydrogen) atoms. The third-order valence-electron chi connectivity index (χ3n) is 3.53. The highest BCUT2D eigenvalue weighted by Gasteiger charge is 2.17. The molecule has 0 unspecified atom stereocenters. The second-order valence-corrected chi connectivity index (χ2v) is 5.60. The van der Waals surface area contributed by atoms with Gasteiger partial charge in [-0.15, -0.1) is 0 Å². The van der Waals surface area contributed by atoms with E-state index in [-0.39, 0.29) is 0 Å². The number of hydrogen-bond donors (Lipinski definition) is 1. The fraction of sp³-hybridized carbons (Fsp3) is 0.600. The molecule has 0 amide bonds. The molecule has 0 spiro atoms. The molecule has 1 N–H and O–H groups in total. The SMILES string of the molecule is CCOc1ccc(Cl)cc1CN[C@@H]1CCCN(C)C1. The number of halogens is 1. The zero-order chi connectivity index (χ0) is 13.7. The highest BCUT2D eigenvalue weighted by Crippen LogP contribution is 2.23. The van der Waals surface area contributed by atoms with Gasteiger partial charge in [0.1, 0.15) is 5.75 Å². The van der Waals surface area contributed by atoms with E-state index in [4.69, 9.17) is 16.3 Å². The number of likely N-dealkylation sites (N-methyl/N-ethyl adjacent to an activating group) is 1. The van der Waals surface area contributed by atoms with Gasteiger partial charge in [0.25, 0.3) is 0 Å². The first-order valence-electron chi connectivity index (χ1n) is 7.02. The first kappa shape index (κ1) is 14.6. The summed E-state index contributed by atoms with van der Waals surface area (Å²) in [5, 5.41) is 4.38. The number of likely N-dealkylation sites (tertiary alicyclic amines) is 1. The third-order valence-corrected chi connectivity index (χ3v) is 3.76. The van der Waals surface area contributed by atoms with Gasteiger partial charge in [0.05, 0.1) is 6.61 Å². The second kappa shape index (κ2) is 7.13. The van der Waals surface area contributed by atoms with Crippen molar-refractivity contribution in [2.24, 2.45) is 0 Å². The van der Waals surface area contributed by atoms with E-state index >= 15 is 0 Å². The van der Waals surface area contributed by atoms with Gasteiger partial charge in [0, 0.05) is 29.7 Å². The minimum atomic E-state index is 0.562. The second-order valence-electron chi connectivity index (χ2n) is 5.17. The summed E-state index contributed by atoms with van der Waals surface area (Å²) >= 11 is 6.07. The van der Waals surface area contributed by atoms with Gasteiger partial charge < -0.3 is 15.0 Å². The van der Waals surface area contributed by atoms with E-state index in [9.17, 15) is 0 Å². The molecule has 1 aromatic rings.